The lowest BCUT2D eigenvalue weighted by Gasteiger charge is -2.11. The van der Waals surface area contributed by atoms with Crippen LogP contribution in [0.2, 0.25) is 0 Å². The van der Waals surface area contributed by atoms with E-state index in [1.165, 1.54) is 35.9 Å². The first kappa shape index (κ1) is 14.7. The fourth-order valence-electron chi connectivity index (χ4n) is 3.04. The van der Waals surface area contributed by atoms with Crippen LogP contribution in [0, 0.1) is 0 Å². The molecule has 4 heteroatoms. The van der Waals surface area contributed by atoms with Gasteiger partial charge in [0.15, 0.2) is 0 Å². The number of carbonyl (C=O) groups excluding carboxylic acids is 1. The summed E-state index contributed by atoms with van der Waals surface area (Å²) >= 11 is 0. The van der Waals surface area contributed by atoms with Crippen molar-refractivity contribution in [3.8, 4) is 11.1 Å². The maximum Gasteiger partial charge on any atom is 0.322 e. The fraction of sp³-hybridized carbons (Fsp3) is 0.333. The standard InChI is InChI=1S/C18H20N2O2/c1-22-18(21)16(19)11-12-5-7-13(8-6-12)14-9-10-20-17-4-2-3-15(14)17/h5-10,16H,2-4,11,19H2,1H3. The van der Waals surface area contributed by atoms with Gasteiger partial charge in [-0.15, -0.1) is 0 Å². The lowest BCUT2D eigenvalue weighted by Crippen LogP contribution is -2.33. The molecule has 2 N–H and O–H groups in total. The molecular formula is C18H20N2O2. The van der Waals surface area contributed by atoms with Crippen LogP contribution >= 0.6 is 0 Å². The van der Waals surface area contributed by atoms with Gasteiger partial charge in [0.05, 0.1) is 7.11 Å². The highest BCUT2D eigenvalue weighted by Gasteiger charge is 2.17. The van der Waals surface area contributed by atoms with Crippen LogP contribution in [0.3, 0.4) is 0 Å². The number of fused-ring (bicyclic) bond motifs is 1. The number of aryl methyl sites for hydroxylation is 1. The summed E-state index contributed by atoms with van der Waals surface area (Å²) in [6.45, 7) is 0. The summed E-state index contributed by atoms with van der Waals surface area (Å²) < 4.78 is 4.66. The topological polar surface area (TPSA) is 65.2 Å². The van der Waals surface area contributed by atoms with Crippen molar-refractivity contribution < 1.29 is 9.53 Å². The van der Waals surface area contributed by atoms with Crippen LogP contribution in [0.25, 0.3) is 11.1 Å². The van der Waals surface area contributed by atoms with Gasteiger partial charge in [0.1, 0.15) is 6.04 Å². The molecule has 1 aliphatic carbocycles. The van der Waals surface area contributed by atoms with Gasteiger partial charge in [-0.25, -0.2) is 0 Å². The molecule has 0 amide bonds. The highest BCUT2D eigenvalue weighted by Crippen LogP contribution is 2.31. The summed E-state index contributed by atoms with van der Waals surface area (Å²) in [5.74, 6) is -0.379. The van der Waals surface area contributed by atoms with Crippen LogP contribution in [-0.2, 0) is 28.8 Å². The number of methoxy groups -OCH3 is 1. The predicted octanol–water partition coefficient (Wildman–Crippen LogP) is 2.28. The third-order valence-corrected chi connectivity index (χ3v) is 4.21. The Morgan fingerprint density at radius 3 is 2.77 bits per heavy atom. The van der Waals surface area contributed by atoms with E-state index < -0.39 is 6.04 Å². The number of aromatic nitrogens is 1. The van der Waals surface area contributed by atoms with E-state index in [2.05, 4.69) is 27.9 Å². The molecule has 0 spiro atoms. The molecule has 22 heavy (non-hydrogen) atoms. The number of pyridine rings is 1. The molecule has 114 valence electrons. The smallest absolute Gasteiger partial charge is 0.322 e. The van der Waals surface area contributed by atoms with Crippen molar-refractivity contribution >= 4 is 5.97 Å². The van der Waals surface area contributed by atoms with E-state index in [9.17, 15) is 4.79 Å². The van der Waals surface area contributed by atoms with Gasteiger partial charge in [-0.2, -0.15) is 0 Å². The second-order valence-electron chi connectivity index (χ2n) is 5.67. The molecule has 1 aromatic heterocycles. The molecule has 1 aromatic carbocycles. The van der Waals surface area contributed by atoms with Crippen LogP contribution in [0.1, 0.15) is 23.2 Å². The van der Waals surface area contributed by atoms with Gasteiger partial charge in [-0.1, -0.05) is 24.3 Å². The zero-order valence-corrected chi connectivity index (χ0v) is 12.7. The highest BCUT2D eigenvalue weighted by atomic mass is 16.5. The van der Waals surface area contributed by atoms with Crippen LogP contribution in [0.15, 0.2) is 36.5 Å². The molecule has 4 nitrogen and oxygen atoms in total. The Hall–Kier alpha value is -2.20. The van der Waals surface area contributed by atoms with Crippen molar-refractivity contribution in [2.45, 2.75) is 31.7 Å². The molecule has 1 unspecified atom stereocenters. The number of nitrogens with zero attached hydrogens (tertiary/aromatic N) is 1. The van der Waals surface area contributed by atoms with Crippen LogP contribution in [0.4, 0.5) is 0 Å². The monoisotopic (exact) mass is 296 g/mol. The Kier molecular flexibility index (Phi) is 4.20. The van der Waals surface area contributed by atoms with Gasteiger partial charge in [0, 0.05) is 11.9 Å². The summed E-state index contributed by atoms with van der Waals surface area (Å²) in [6, 6.07) is 9.71. The van der Waals surface area contributed by atoms with E-state index in [1.807, 2.05) is 18.3 Å². The minimum Gasteiger partial charge on any atom is -0.468 e. The van der Waals surface area contributed by atoms with Crippen LogP contribution < -0.4 is 5.73 Å². The number of hydrogen-bond acceptors (Lipinski definition) is 4. The predicted molar refractivity (Wildman–Crippen MR) is 85.4 cm³/mol. The third kappa shape index (κ3) is 2.88. The van der Waals surface area contributed by atoms with Gasteiger partial charge in [0.25, 0.3) is 0 Å². The van der Waals surface area contributed by atoms with Crippen LogP contribution in [-0.4, -0.2) is 24.1 Å². The van der Waals surface area contributed by atoms with Crippen molar-refractivity contribution in [1.29, 1.82) is 0 Å². The minimum absolute atomic E-state index is 0.379. The number of benzene rings is 1. The number of ether oxygens (including phenoxy) is 1. The van der Waals surface area contributed by atoms with Crippen molar-refractivity contribution in [1.82, 2.24) is 4.98 Å². The summed E-state index contributed by atoms with van der Waals surface area (Å²) in [5, 5.41) is 0. The SMILES string of the molecule is COC(=O)C(N)Cc1ccc(-c2ccnc3c2CCC3)cc1. The van der Waals surface area contributed by atoms with E-state index in [1.54, 1.807) is 0 Å². The Morgan fingerprint density at radius 2 is 2.05 bits per heavy atom. The number of hydrogen-bond donors (Lipinski definition) is 1. The Bertz CT molecular complexity index is 680. The van der Waals surface area contributed by atoms with Gasteiger partial charge in [-0.05, 0) is 54.0 Å². The first-order valence-corrected chi connectivity index (χ1v) is 7.58. The van der Waals surface area contributed by atoms with Crippen molar-refractivity contribution in [2.24, 2.45) is 5.73 Å². The van der Waals surface area contributed by atoms with E-state index in [0.717, 1.165) is 18.4 Å². The van der Waals surface area contributed by atoms with Gasteiger partial charge in [0.2, 0.25) is 0 Å². The number of nitrogens with two attached hydrogens (primary N) is 1. The van der Waals surface area contributed by atoms with Crippen molar-refractivity contribution in [2.75, 3.05) is 7.11 Å². The summed E-state index contributed by atoms with van der Waals surface area (Å²) in [7, 11) is 1.36. The maximum absolute atomic E-state index is 11.4. The molecule has 3 rings (SSSR count). The molecular weight excluding hydrogens is 276 g/mol. The summed E-state index contributed by atoms with van der Waals surface area (Å²) in [4.78, 5) is 15.8. The minimum atomic E-state index is -0.610. The lowest BCUT2D eigenvalue weighted by atomic mass is 9.97. The average Bonchev–Trinajstić information content (AvgIpc) is 3.03. The third-order valence-electron chi connectivity index (χ3n) is 4.21. The number of esters is 1. The lowest BCUT2D eigenvalue weighted by molar-refractivity contribution is -0.142. The molecule has 1 aliphatic rings. The van der Waals surface area contributed by atoms with E-state index >= 15 is 0 Å². The van der Waals surface area contributed by atoms with E-state index in [-0.39, 0.29) is 5.97 Å². The average molecular weight is 296 g/mol. The highest BCUT2D eigenvalue weighted by molar-refractivity contribution is 5.76. The normalized spacial score (nSPS) is 14.5. The van der Waals surface area contributed by atoms with Gasteiger partial charge < -0.3 is 10.5 Å². The first-order chi connectivity index (χ1) is 10.7. The number of carbonyl (C=O) groups is 1. The number of rotatable bonds is 4. The quantitative estimate of drug-likeness (QED) is 0.879. The van der Waals surface area contributed by atoms with E-state index in [4.69, 9.17) is 5.73 Å². The van der Waals surface area contributed by atoms with Gasteiger partial charge in [-0.3, -0.25) is 9.78 Å². The maximum atomic E-state index is 11.4. The Balaban J connectivity index is 1.80. The fourth-order valence-corrected chi connectivity index (χ4v) is 3.04. The zero-order chi connectivity index (χ0) is 15.5. The zero-order valence-electron chi connectivity index (χ0n) is 12.7. The molecule has 1 heterocycles. The second kappa shape index (κ2) is 6.28. The molecule has 0 saturated carbocycles. The molecule has 0 fully saturated rings. The van der Waals surface area contributed by atoms with Crippen LogP contribution in [0.5, 0.6) is 0 Å². The largest absolute Gasteiger partial charge is 0.468 e. The van der Waals surface area contributed by atoms with E-state index in [0.29, 0.717) is 6.42 Å². The molecule has 1 atom stereocenters. The summed E-state index contributed by atoms with van der Waals surface area (Å²) in [6.07, 6.45) is 5.75. The molecule has 2 aromatic rings. The molecule has 0 bridgehead atoms. The molecule has 0 radical (unpaired) electrons. The molecule has 0 saturated heterocycles. The first-order valence-electron chi connectivity index (χ1n) is 7.58. The summed E-state index contributed by atoms with van der Waals surface area (Å²) in [5.41, 5.74) is 11.9. The Labute approximate surface area is 130 Å². The van der Waals surface area contributed by atoms with Gasteiger partial charge >= 0.3 is 5.97 Å². The van der Waals surface area contributed by atoms with Crippen molar-refractivity contribution in [3.63, 3.8) is 0 Å². The second-order valence-corrected chi connectivity index (χ2v) is 5.67. The Morgan fingerprint density at radius 1 is 1.27 bits per heavy atom. The van der Waals surface area contributed by atoms with Crippen molar-refractivity contribution in [3.05, 3.63) is 53.3 Å². The molecule has 0 aliphatic heterocycles.